The van der Waals surface area contributed by atoms with Crippen LogP contribution < -0.4 is 0 Å². The van der Waals surface area contributed by atoms with Crippen LogP contribution in [0.15, 0.2) is 48.0 Å². The first-order chi connectivity index (χ1) is 10.5. The van der Waals surface area contributed by atoms with Crippen molar-refractivity contribution in [3.8, 4) is 0 Å². The van der Waals surface area contributed by atoms with Gasteiger partial charge in [0.25, 0.3) is 6.29 Å². The second-order valence-corrected chi connectivity index (χ2v) is 5.01. The van der Waals surface area contributed by atoms with Gasteiger partial charge in [-0.05, 0) is 29.3 Å². The van der Waals surface area contributed by atoms with Crippen LogP contribution >= 0.6 is 0 Å². The number of carbonyl (C=O) groups excluding carboxylic acids is 2. The van der Waals surface area contributed by atoms with E-state index < -0.39 is 18.2 Å². The smallest absolute Gasteiger partial charge is 0.305 e. The second kappa shape index (κ2) is 6.89. The summed E-state index contributed by atoms with van der Waals surface area (Å²) in [7, 11) is 0. The molecule has 0 aliphatic carbocycles. The molecule has 22 heavy (non-hydrogen) atoms. The zero-order valence-corrected chi connectivity index (χ0v) is 12.8. The van der Waals surface area contributed by atoms with E-state index in [4.69, 9.17) is 9.47 Å². The van der Waals surface area contributed by atoms with Gasteiger partial charge in [0.15, 0.2) is 0 Å². The van der Waals surface area contributed by atoms with Gasteiger partial charge in [0.05, 0.1) is 0 Å². The lowest BCUT2D eigenvalue weighted by Crippen LogP contribution is -2.23. The van der Waals surface area contributed by atoms with E-state index in [-0.39, 0.29) is 0 Å². The van der Waals surface area contributed by atoms with Crippen LogP contribution in [-0.4, -0.2) is 18.2 Å². The highest BCUT2D eigenvalue weighted by atomic mass is 16.7. The fraction of sp³-hybridized carbons (Fsp3) is 0.222. The van der Waals surface area contributed by atoms with Gasteiger partial charge in [-0.25, -0.2) is 0 Å². The number of hydrogen-bond donors (Lipinski definition) is 0. The van der Waals surface area contributed by atoms with E-state index in [1.54, 1.807) is 6.92 Å². The van der Waals surface area contributed by atoms with Gasteiger partial charge in [0.1, 0.15) is 0 Å². The summed E-state index contributed by atoms with van der Waals surface area (Å²) < 4.78 is 10.1. The minimum Gasteiger partial charge on any atom is -0.421 e. The first-order valence-electron chi connectivity index (χ1n) is 6.98. The molecule has 0 saturated heterocycles. The standard InChI is InChI=1S/C18H18O4/c1-12(18(21-13(2)19)22-14(3)20)11-16-9-6-8-15-7-4-5-10-17(15)16/h4-11,18H,1-3H3/b12-11+. The zero-order valence-electron chi connectivity index (χ0n) is 12.8. The molecular weight excluding hydrogens is 280 g/mol. The van der Waals surface area contributed by atoms with Crippen LogP contribution in [-0.2, 0) is 19.1 Å². The molecule has 4 heteroatoms. The molecule has 0 aliphatic rings. The average Bonchev–Trinajstić information content (AvgIpc) is 2.46. The monoisotopic (exact) mass is 298 g/mol. The fourth-order valence-electron chi connectivity index (χ4n) is 2.20. The van der Waals surface area contributed by atoms with E-state index >= 15 is 0 Å². The summed E-state index contributed by atoms with van der Waals surface area (Å²) in [5, 5.41) is 2.19. The van der Waals surface area contributed by atoms with Gasteiger partial charge < -0.3 is 9.47 Å². The number of rotatable bonds is 4. The number of fused-ring (bicyclic) bond motifs is 1. The molecule has 4 nitrogen and oxygen atoms in total. The second-order valence-electron chi connectivity index (χ2n) is 5.01. The van der Waals surface area contributed by atoms with Gasteiger partial charge in [0, 0.05) is 19.4 Å². The lowest BCUT2D eigenvalue weighted by molar-refractivity contribution is -0.177. The Labute approximate surface area is 129 Å². The minimum atomic E-state index is -1.01. The van der Waals surface area contributed by atoms with Crippen LogP contribution in [0.1, 0.15) is 26.3 Å². The van der Waals surface area contributed by atoms with Crippen LogP contribution in [0.25, 0.3) is 16.8 Å². The summed E-state index contributed by atoms with van der Waals surface area (Å²) in [5.74, 6) is -1.01. The van der Waals surface area contributed by atoms with E-state index in [0.29, 0.717) is 5.57 Å². The fourth-order valence-corrected chi connectivity index (χ4v) is 2.20. The molecule has 0 atom stereocenters. The van der Waals surface area contributed by atoms with Gasteiger partial charge in [-0.3, -0.25) is 9.59 Å². The third kappa shape index (κ3) is 3.95. The van der Waals surface area contributed by atoms with Crippen molar-refractivity contribution in [3.63, 3.8) is 0 Å². The Balaban J connectivity index is 2.39. The van der Waals surface area contributed by atoms with Gasteiger partial charge in [-0.1, -0.05) is 42.5 Å². The Bertz CT molecular complexity index is 709. The molecule has 0 aliphatic heterocycles. The highest BCUT2D eigenvalue weighted by Gasteiger charge is 2.17. The molecule has 2 aromatic rings. The first-order valence-corrected chi connectivity index (χ1v) is 6.98. The number of hydrogen-bond acceptors (Lipinski definition) is 4. The van der Waals surface area contributed by atoms with E-state index in [9.17, 15) is 9.59 Å². The third-order valence-corrected chi connectivity index (χ3v) is 3.12. The van der Waals surface area contributed by atoms with Gasteiger partial charge in [-0.15, -0.1) is 0 Å². The van der Waals surface area contributed by atoms with Crippen molar-refractivity contribution in [2.24, 2.45) is 0 Å². The molecule has 0 fully saturated rings. The first kappa shape index (κ1) is 15.8. The molecule has 2 rings (SSSR count). The molecule has 0 spiro atoms. The van der Waals surface area contributed by atoms with Crippen molar-refractivity contribution in [1.82, 2.24) is 0 Å². The van der Waals surface area contributed by atoms with Crippen LogP contribution in [0.3, 0.4) is 0 Å². The van der Waals surface area contributed by atoms with Crippen molar-refractivity contribution in [2.75, 3.05) is 0 Å². The topological polar surface area (TPSA) is 52.6 Å². The van der Waals surface area contributed by atoms with Gasteiger partial charge in [-0.2, -0.15) is 0 Å². The predicted octanol–water partition coefficient (Wildman–Crippen LogP) is 3.70. The molecule has 2 aromatic carbocycles. The van der Waals surface area contributed by atoms with Crippen molar-refractivity contribution < 1.29 is 19.1 Å². The molecule has 0 N–H and O–H groups in total. The quantitative estimate of drug-likeness (QED) is 0.638. The van der Waals surface area contributed by atoms with Crippen LogP contribution in [0.2, 0.25) is 0 Å². The minimum absolute atomic E-state index is 0.503. The summed E-state index contributed by atoms with van der Waals surface area (Å²) in [5.41, 5.74) is 1.61. The summed E-state index contributed by atoms with van der Waals surface area (Å²) in [6.45, 7) is 4.32. The normalized spacial score (nSPS) is 11.5. The molecule has 0 aromatic heterocycles. The molecule has 0 heterocycles. The Morgan fingerprint density at radius 3 is 2.14 bits per heavy atom. The van der Waals surface area contributed by atoms with Gasteiger partial charge >= 0.3 is 11.9 Å². The van der Waals surface area contributed by atoms with Crippen molar-refractivity contribution in [3.05, 3.63) is 53.6 Å². The van der Waals surface area contributed by atoms with Crippen molar-refractivity contribution in [2.45, 2.75) is 27.1 Å². The lowest BCUT2D eigenvalue weighted by atomic mass is 10.0. The molecule has 0 radical (unpaired) electrons. The summed E-state index contributed by atoms with van der Waals surface area (Å²) in [6.07, 6.45) is 0.854. The summed E-state index contributed by atoms with van der Waals surface area (Å²) in [4.78, 5) is 22.3. The molecule has 0 saturated carbocycles. The van der Waals surface area contributed by atoms with Gasteiger partial charge in [0.2, 0.25) is 0 Å². The predicted molar refractivity (Wildman–Crippen MR) is 84.9 cm³/mol. The van der Waals surface area contributed by atoms with Crippen molar-refractivity contribution in [1.29, 1.82) is 0 Å². The third-order valence-electron chi connectivity index (χ3n) is 3.12. The maximum atomic E-state index is 11.2. The maximum Gasteiger partial charge on any atom is 0.305 e. The number of benzene rings is 2. The number of esters is 2. The Kier molecular flexibility index (Phi) is 4.94. The largest absolute Gasteiger partial charge is 0.421 e. The highest BCUT2D eigenvalue weighted by molar-refractivity contribution is 5.90. The van der Waals surface area contributed by atoms with E-state index in [1.165, 1.54) is 13.8 Å². The molecule has 0 bridgehead atoms. The SMILES string of the molecule is CC(=O)OC(OC(C)=O)/C(C)=C/c1cccc2ccccc12. The highest BCUT2D eigenvalue weighted by Crippen LogP contribution is 2.22. The van der Waals surface area contributed by atoms with E-state index in [0.717, 1.165) is 16.3 Å². The lowest BCUT2D eigenvalue weighted by Gasteiger charge is -2.17. The summed E-state index contributed by atoms with van der Waals surface area (Å²) in [6, 6.07) is 13.9. The molecule has 0 amide bonds. The van der Waals surface area contributed by atoms with Crippen LogP contribution in [0.5, 0.6) is 0 Å². The Morgan fingerprint density at radius 1 is 0.909 bits per heavy atom. The molecule has 0 unspecified atom stereocenters. The van der Waals surface area contributed by atoms with Crippen molar-refractivity contribution >= 4 is 28.8 Å². The zero-order chi connectivity index (χ0) is 16.1. The Morgan fingerprint density at radius 2 is 1.50 bits per heavy atom. The number of ether oxygens (including phenoxy) is 2. The average molecular weight is 298 g/mol. The number of carbonyl (C=O) groups is 2. The molecule has 114 valence electrons. The maximum absolute atomic E-state index is 11.2. The molecular formula is C18H18O4. The van der Waals surface area contributed by atoms with Crippen LogP contribution in [0.4, 0.5) is 0 Å². The summed E-state index contributed by atoms with van der Waals surface area (Å²) >= 11 is 0. The Hall–Kier alpha value is -2.62. The van der Waals surface area contributed by atoms with E-state index in [2.05, 4.69) is 0 Å². The van der Waals surface area contributed by atoms with Crippen LogP contribution in [0, 0.1) is 0 Å². The van der Waals surface area contributed by atoms with E-state index in [1.807, 2.05) is 48.5 Å².